The number of sulfone groups is 1. The van der Waals surface area contributed by atoms with Gasteiger partial charge in [-0.05, 0) is 56.8 Å². The highest BCUT2D eigenvalue weighted by Gasteiger charge is 2.35. The third-order valence-corrected chi connectivity index (χ3v) is 7.29. The van der Waals surface area contributed by atoms with Gasteiger partial charge in [0.2, 0.25) is 0 Å². The highest BCUT2D eigenvalue weighted by molar-refractivity contribution is 7.92. The highest BCUT2D eigenvalue weighted by atomic mass is 32.2. The van der Waals surface area contributed by atoms with E-state index in [4.69, 9.17) is 0 Å². The fourth-order valence-corrected chi connectivity index (χ4v) is 5.45. The molecular formula is C21H21FN4O2S. The lowest BCUT2D eigenvalue weighted by molar-refractivity contribution is 0.417. The Morgan fingerprint density at radius 2 is 1.93 bits per heavy atom. The number of likely N-dealkylation sites (tertiary alicyclic amines) is 1. The van der Waals surface area contributed by atoms with Crippen LogP contribution in [0.15, 0.2) is 53.9 Å². The standard InChI is InChI=1S/C21H21FN4O2S/c1-14-11-25-20(12-24-14)18-6-5-15(10-19(18)22)17-4-3-8-23-21(17)29(27,28)16-7-9-26(2)13-16/h3-6,8,10-12,16H,7,9,13H2,1-2H3. The van der Waals surface area contributed by atoms with Gasteiger partial charge in [-0.3, -0.25) is 9.97 Å². The summed E-state index contributed by atoms with van der Waals surface area (Å²) in [6.45, 7) is 3.01. The zero-order valence-corrected chi connectivity index (χ0v) is 17.0. The molecule has 29 heavy (non-hydrogen) atoms. The van der Waals surface area contributed by atoms with Crippen molar-refractivity contribution in [2.24, 2.45) is 0 Å². The van der Waals surface area contributed by atoms with Gasteiger partial charge in [-0.1, -0.05) is 6.07 Å². The predicted molar refractivity (Wildman–Crippen MR) is 108 cm³/mol. The van der Waals surface area contributed by atoms with Gasteiger partial charge in [0.15, 0.2) is 14.9 Å². The lowest BCUT2D eigenvalue weighted by atomic mass is 10.0. The van der Waals surface area contributed by atoms with E-state index in [-0.39, 0.29) is 5.03 Å². The predicted octanol–water partition coefficient (Wildman–Crippen LogP) is 3.13. The van der Waals surface area contributed by atoms with Crippen LogP contribution in [0.25, 0.3) is 22.4 Å². The van der Waals surface area contributed by atoms with Crippen LogP contribution in [0.2, 0.25) is 0 Å². The van der Waals surface area contributed by atoms with Crippen LogP contribution in [0.3, 0.4) is 0 Å². The van der Waals surface area contributed by atoms with Gasteiger partial charge < -0.3 is 4.90 Å². The van der Waals surface area contributed by atoms with E-state index in [1.54, 1.807) is 30.5 Å². The summed E-state index contributed by atoms with van der Waals surface area (Å²) in [4.78, 5) is 14.5. The first-order valence-electron chi connectivity index (χ1n) is 9.32. The largest absolute Gasteiger partial charge is 0.305 e. The molecule has 1 aromatic carbocycles. The molecule has 1 saturated heterocycles. The van der Waals surface area contributed by atoms with Crippen LogP contribution >= 0.6 is 0 Å². The fourth-order valence-electron chi connectivity index (χ4n) is 3.57. The van der Waals surface area contributed by atoms with Gasteiger partial charge in [0.25, 0.3) is 0 Å². The van der Waals surface area contributed by atoms with E-state index in [1.165, 1.54) is 18.5 Å². The second-order valence-electron chi connectivity index (χ2n) is 7.31. The van der Waals surface area contributed by atoms with E-state index in [0.29, 0.717) is 35.3 Å². The van der Waals surface area contributed by atoms with Gasteiger partial charge in [0.1, 0.15) is 5.82 Å². The maximum atomic E-state index is 14.9. The summed E-state index contributed by atoms with van der Waals surface area (Å²) in [5.74, 6) is -0.492. The minimum absolute atomic E-state index is 0.00239. The number of aryl methyl sites for hydroxylation is 1. The SMILES string of the molecule is Cc1cnc(-c2ccc(-c3cccnc3S(=O)(=O)C3CCN(C)C3)cc2F)cn1. The van der Waals surface area contributed by atoms with Crippen molar-refractivity contribution in [2.45, 2.75) is 23.6 Å². The summed E-state index contributed by atoms with van der Waals surface area (Å²) >= 11 is 0. The Labute approximate surface area is 169 Å². The molecule has 0 saturated carbocycles. The quantitative estimate of drug-likeness (QED) is 0.655. The molecule has 6 nitrogen and oxygen atoms in total. The Kier molecular flexibility index (Phi) is 5.14. The van der Waals surface area contributed by atoms with Crippen LogP contribution in [-0.2, 0) is 9.84 Å². The topological polar surface area (TPSA) is 76.1 Å². The number of hydrogen-bond donors (Lipinski definition) is 0. The number of rotatable bonds is 4. The lowest BCUT2D eigenvalue weighted by Gasteiger charge is -2.15. The van der Waals surface area contributed by atoms with Crippen molar-refractivity contribution >= 4 is 9.84 Å². The summed E-state index contributed by atoms with van der Waals surface area (Å²) in [6.07, 6.45) is 5.12. The van der Waals surface area contributed by atoms with Crippen LogP contribution < -0.4 is 0 Å². The molecule has 0 amide bonds. The van der Waals surface area contributed by atoms with E-state index in [2.05, 4.69) is 15.0 Å². The summed E-state index contributed by atoms with van der Waals surface area (Å²) < 4.78 is 41.2. The highest BCUT2D eigenvalue weighted by Crippen LogP contribution is 2.32. The lowest BCUT2D eigenvalue weighted by Crippen LogP contribution is -2.26. The second kappa shape index (κ2) is 7.61. The van der Waals surface area contributed by atoms with Gasteiger partial charge >= 0.3 is 0 Å². The normalized spacial score (nSPS) is 17.6. The molecule has 0 spiro atoms. The van der Waals surface area contributed by atoms with Crippen molar-refractivity contribution in [1.82, 2.24) is 19.9 Å². The zero-order chi connectivity index (χ0) is 20.6. The van der Waals surface area contributed by atoms with E-state index < -0.39 is 20.9 Å². The monoisotopic (exact) mass is 412 g/mol. The Morgan fingerprint density at radius 3 is 2.59 bits per heavy atom. The number of pyridine rings is 1. The fraction of sp³-hybridized carbons (Fsp3) is 0.286. The molecule has 8 heteroatoms. The minimum Gasteiger partial charge on any atom is -0.305 e. The molecule has 1 fully saturated rings. The van der Waals surface area contributed by atoms with E-state index in [9.17, 15) is 12.8 Å². The van der Waals surface area contributed by atoms with Crippen LogP contribution in [0.1, 0.15) is 12.1 Å². The maximum absolute atomic E-state index is 14.9. The Morgan fingerprint density at radius 1 is 1.10 bits per heavy atom. The van der Waals surface area contributed by atoms with Crippen molar-refractivity contribution in [1.29, 1.82) is 0 Å². The molecule has 2 aromatic heterocycles. The van der Waals surface area contributed by atoms with Crippen molar-refractivity contribution in [3.05, 3.63) is 60.4 Å². The smallest absolute Gasteiger partial charge is 0.200 e. The summed E-state index contributed by atoms with van der Waals surface area (Å²) in [5.41, 5.74) is 2.35. The van der Waals surface area contributed by atoms with Gasteiger partial charge in [0.05, 0.1) is 22.8 Å². The minimum atomic E-state index is -3.63. The summed E-state index contributed by atoms with van der Waals surface area (Å²) in [7, 11) is -1.73. The van der Waals surface area contributed by atoms with Crippen molar-refractivity contribution in [3.63, 3.8) is 0 Å². The zero-order valence-electron chi connectivity index (χ0n) is 16.2. The van der Waals surface area contributed by atoms with Crippen LogP contribution in [0.5, 0.6) is 0 Å². The third kappa shape index (κ3) is 3.77. The van der Waals surface area contributed by atoms with Crippen LogP contribution in [-0.4, -0.2) is 53.7 Å². The van der Waals surface area contributed by atoms with Crippen LogP contribution in [0.4, 0.5) is 4.39 Å². The number of nitrogens with zero attached hydrogens (tertiary/aromatic N) is 4. The molecule has 3 heterocycles. The first-order valence-corrected chi connectivity index (χ1v) is 10.9. The molecule has 0 bridgehead atoms. The Balaban J connectivity index is 1.75. The molecule has 1 aliphatic rings. The average molecular weight is 412 g/mol. The van der Waals surface area contributed by atoms with E-state index in [0.717, 1.165) is 12.2 Å². The van der Waals surface area contributed by atoms with E-state index >= 15 is 0 Å². The van der Waals surface area contributed by atoms with Crippen molar-refractivity contribution < 1.29 is 12.8 Å². The van der Waals surface area contributed by atoms with Crippen molar-refractivity contribution in [2.75, 3.05) is 20.1 Å². The molecule has 0 aliphatic carbocycles. The molecule has 150 valence electrons. The van der Waals surface area contributed by atoms with Gasteiger partial charge in [0, 0.05) is 30.1 Å². The van der Waals surface area contributed by atoms with E-state index in [1.807, 2.05) is 18.9 Å². The molecule has 4 rings (SSSR count). The Bertz CT molecular complexity index is 1150. The first kappa shape index (κ1) is 19.6. The number of benzene rings is 1. The number of halogens is 1. The average Bonchev–Trinajstić information content (AvgIpc) is 3.16. The molecule has 3 aromatic rings. The van der Waals surface area contributed by atoms with Gasteiger partial charge in [-0.2, -0.15) is 0 Å². The van der Waals surface area contributed by atoms with Gasteiger partial charge in [-0.25, -0.2) is 17.8 Å². The molecule has 1 unspecified atom stereocenters. The maximum Gasteiger partial charge on any atom is 0.200 e. The third-order valence-electron chi connectivity index (χ3n) is 5.16. The molecule has 0 radical (unpaired) electrons. The van der Waals surface area contributed by atoms with Crippen LogP contribution in [0, 0.1) is 12.7 Å². The first-order chi connectivity index (χ1) is 13.9. The molecule has 1 atom stereocenters. The summed E-state index contributed by atoms with van der Waals surface area (Å²) in [6, 6.07) is 7.94. The molecule has 0 N–H and O–H groups in total. The number of aromatic nitrogens is 3. The molecular weight excluding hydrogens is 391 g/mol. The van der Waals surface area contributed by atoms with Gasteiger partial charge in [-0.15, -0.1) is 0 Å². The van der Waals surface area contributed by atoms with Crippen molar-refractivity contribution in [3.8, 4) is 22.4 Å². The summed E-state index contributed by atoms with van der Waals surface area (Å²) in [5, 5.41) is -0.504. The molecule has 1 aliphatic heterocycles. The second-order valence-corrected chi connectivity index (χ2v) is 9.46. The Hall–Kier alpha value is -2.71. The number of hydrogen-bond acceptors (Lipinski definition) is 6.